The maximum Gasteiger partial charge on any atom is 0.171 e. The van der Waals surface area contributed by atoms with Gasteiger partial charge in [0, 0.05) is 18.0 Å². The third-order valence-corrected chi connectivity index (χ3v) is 2.43. The molecule has 1 aromatic carbocycles. The molecule has 1 N–H and O–H groups in total. The third kappa shape index (κ3) is 4.78. The third-order valence-electron chi connectivity index (χ3n) is 2.43. The minimum Gasteiger partial charge on any atom is -0.550 e. The molecule has 1 aliphatic rings. The number of rotatable bonds is 2. The number of hydrogen-bond acceptors (Lipinski definition) is 3. The summed E-state index contributed by atoms with van der Waals surface area (Å²) in [5, 5.41) is 17.7. The Kier molecular flexibility index (Phi) is 5.36. The molecule has 1 aromatic rings. The normalized spacial score (nSPS) is 12.9. The number of carboxylic acids is 1. The number of carboxylic acid groups (broad SMARTS) is 1. The highest BCUT2D eigenvalue weighted by Crippen LogP contribution is 2.10. The van der Waals surface area contributed by atoms with Crippen LogP contribution in [0.4, 0.5) is 0 Å². The van der Waals surface area contributed by atoms with Crippen LogP contribution in [-0.4, -0.2) is 41.6 Å². The molecular weight excluding hydrogens is 218 g/mol. The van der Waals surface area contributed by atoms with Gasteiger partial charge in [-0.2, -0.15) is 0 Å². The molecule has 1 heterocycles. The quantitative estimate of drug-likeness (QED) is 0.698. The van der Waals surface area contributed by atoms with Gasteiger partial charge in [0.15, 0.2) is 12.8 Å². The zero-order chi connectivity index (χ0) is 12.7. The van der Waals surface area contributed by atoms with Crippen LogP contribution in [0.2, 0.25) is 0 Å². The van der Waals surface area contributed by atoms with E-state index in [9.17, 15) is 0 Å². The maximum absolute atomic E-state index is 8.89. The molecule has 0 atom stereocenters. The minimum absolute atomic E-state index is 0.235. The van der Waals surface area contributed by atoms with E-state index in [4.69, 9.17) is 15.0 Å². The molecule has 1 aliphatic heterocycles. The number of carbonyl (C=O) groups excluding carboxylic acids is 1. The van der Waals surface area contributed by atoms with E-state index in [2.05, 4.69) is 35.1 Å². The first kappa shape index (κ1) is 13.4. The number of carbonyl (C=O) groups is 1. The van der Waals surface area contributed by atoms with Crippen LogP contribution in [0.15, 0.2) is 24.3 Å². The molecule has 0 saturated heterocycles. The SMILES string of the molecule is CC(=O)[O-].OCC[N+]1=Cc2ccccc2CC1. The fourth-order valence-electron chi connectivity index (χ4n) is 1.72. The second kappa shape index (κ2) is 6.81. The number of nitrogens with zero attached hydrogens (tertiary/aromatic N) is 1. The molecular formula is C13H17NO3. The first-order chi connectivity index (χ1) is 8.13. The average Bonchev–Trinajstić information content (AvgIpc) is 2.29. The molecule has 0 bridgehead atoms. The first-order valence-electron chi connectivity index (χ1n) is 5.58. The van der Waals surface area contributed by atoms with Gasteiger partial charge in [-0.25, -0.2) is 4.58 Å². The average molecular weight is 235 g/mol. The van der Waals surface area contributed by atoms with Crippen molar-refractivity contribution in [2.75, 3.05) is 19.7 Å². The van der Waals surface area contributed by atoms with Crippen molar-refractivity contribution < 1.29 is 19.6 Å². The minimum atomic E-state index is -1.08. The highest BCUT2D eigenvalue weighted by atomic mass is 16.4. The smallest absolute Gasteiger partial charge is 0.171 e. The predicted octanol–water partition coefficient (Wildman–Crippen LogP) is -0.577. The van der Waals surface area contributed by atoms with Crippen LogP contribution in [0.1, 0.15) is 18.1 Å². The summed E-state index contributed by atoms with van der Waals surface area (Å²) >= 11 is 0. The van der Waals surface area contributed by atoms with Crippen molar-refractivity contribution in [3.63, 3.8) is 0 Å². The fraction of sp³-hybridized carbons (Fsp3) is 0.385. The van der Waals surface area contributed by atoms with Crippen molar-refractivity contribution in [1.29, 1.82) is 0 Å². The van der Waals surface area contributed by atoms with Gasteiger partial charge in [-0.3, -0.25) is 0 Å². The van der Waals surface area contributed by atoms with Gasteiger partial charge in [-0.15, -0.1) is 0 Å². The molecule has 0 aromatic heterocycles. The zero-order valence-electron chi connectivity index (χ0n) is 9.93. The van der Waals surface area contributed by atoms with Crippen LogP contribution in [0.3, 0.4) is 0 Å². The Labute approximate surface area is 101 Å². The Balaban J connectivity index is 0.000000317. The lowest BCUT2D eigenvalue weighted by Gasteiger charge is -2.10. The summed E-state index contributed by atoms with van der Waals surface area (Å²) in [6.45, 7) is 2.98. The van der Waals surface area contributed by atoms with Crippen molar-refractivity contribution in [2.45, 2.75) is 13.3 Å². The lowest BCUT2D eigenvalue weighted by atomic mass is 10.0. The molecule has 17 heavy (non-hydrogen) atoms. The molecule has 4 heteroatoms. The van der Waals surface area contributed by atoms with E-state index in [1.165, 1.54) is 11.1 Å². The van der Waals surface area contributed by atoms with Crippen molar-refractivity contribution >= 4 is 12.2 Å². The Morgan fingerprint density at radius 3 is 2.76 bits per heavy atom. The van der Waals surface area contributed by atoms with Gasteiger partial charge < -0.3 is 15.0 Å². The van der Waals surface area contributed by atoms with Gasteiger partial charge in [0.25, 0.3) is 0 Å². The molecule has 2 rings (SSSR count). The highest BCUT2D eigenvalue weighted by molar-refractivity contribution is 5.78. The molecule has 92 valence electrons. The summed E-state index contributed by atoms with van der Waals surface area (Å²) < 4.78 is 2.17. The number of aliphatic carboxylic acids is 1. The van der Waals surface area contributed by atoms with Crippen LogP contribution in [0, 0.1) is 0 Å². The monoisotopic (exact) mass is 235 g/mol. The van der Waals surface area contributed by atoms with Gasteiger partial charge in [0.2, 0.25) is 0 Å². The molecule has 0 fully saturated rings. The van der Waals surface area contributed by atoms with Crippen molar-refractivity contribution in [3.05, 3.63) is 35.4 Å². The summed E-state index contributed by atoms with van der Waals surface area (Å²) in [7, 11) is 0. The summed E-state index contributed by atoms with van der Waals surface area (Å²) in [5.74, 6) is -1.08. The van der Waals surface area contributed by atoms with Gasteiger partial charge in [-0.1, -0.05) is 18.2 Å². The van der Waals surface area contributed by atoms with Crippen molar-refractivity contribution in [1.82, 2.24) is 0 Å². The van der Waals surface area contributed by atoms with E-state index in [0.29, 0.717) is 0 Å². The van der Waals surface area contributed by atoms with E-state index >= 15 is 0 Å². The van der Waals surface area contributed by atoms with E-state index < -0.39 is 5.97 Å². The number of aliphatic hydroxyl groups excluding tert-OH is 1. The fourth-order valence-corrected chi connectivity index (χ4v) is 1.72. The van der Waals surface area contributed by atoms with Crippen LogP contribution < -0.4 is 5.11 Å². The van der Waals surface area contributed by atoms with E-state index in [0.717, 1.165) is 26.4 Å². The van der Waals surface area contributed by atoms with Crippen molar-refractivity contribution in [3.8, 4) is 0 Å². The highest BCUT2D eigenvalue weighted by Gasteiger charge is 2.13. The number of β-amino-alcohol motifs (C(OH)–C–C–N with tert-alkyl or cyclic N) is 1. The maximum atomic E-state index is 8.89. The Morgan fingerprint density at radius 1 is 1.47 bits per heavy atom. The number of hydrogen-bond donors (Lipinski definition) is 1. The summed E-state index contributed by atoms with van der Waals surface area (Å²) in [5.41, 5.74) is 2.71. The topological polar surface area (TPSA) is 63.4 Å². The number of benzene rings is 1. The Hall–Kier alpha value is -1.68. The summed E-state index contributed by atoms with van der Waals surface area (Å²) in [6, 6.07) is 8.42. The standard InChI is InChI=1S/C11H14NO.C2H4O2/c13-8-7-12-6-5-10-3-1-2-4-11(10)9-12;1-2(3)4/h1-4,9,13H,5-8H2;1H3,(H,3,4)/q+1;/p-1. The predicted molar refractivity (Wildman–Crippen MR) is 63.1 cm³/mol. The summed E-state index contributed by atoms with van der Waals surface area (Å²) in [6.07, 6.45) is 3.22. The largest absolute Gasteiger partial charge is 0.550 e. The van der Waals surface area contributed by atoms with Gasteiger partial charge in [0.1, 0.15) is 13.2 Å². The lowest BCUT2D eigenvalue weighted by molar-refractivity contribution is -0.526. The number of fused-ring (bicyclic) bond motifs is 1. The Morgan fingerprint density at radius 2 is 2.12 bits per heavy atom. The molecule has 0 unspecified atom stereocenters. The van der Waals surface area contributed by atoms with E-state index in [1.807, 2.05) is 0 Å². The lowest BCUT2D eigenvalue weighted by Crippen LogP contribution is -2.25. The molecule has 4 nitrogen and oxygen atoms in total. The molecule has 0 saturated carbocycles. The zero-order valence-corrected chi connectivity index (χ0v) is 9.93. The number of aliphatic hydroxyl groups is 1. The van der Waals surface area contributed by atoms with Crippen LogP contribution in [-0.2, 0) is 11.2 Å². The summed E-state index contributed by atoms with van der Waals surface area (Å²) in [4.78, 5) is 8.89. The molecule has 0 amide bonds. The van der Waals surface area contributed by atoms with E-state index in [-0.39, 0.29) is 6.61 Å². The van der Waals surface area contributed by atoms with Gasteiger partial charge in [0.05, 0.1) is 0 Å². The second-order valence-electron chi connectivity index (χ2n) is 3.83. The van der Waals surface area contributed by atoms with Crippen molar-refractivity contribution in [2.24, 2.45) is 0 Å². The van der Waals surface area contributed by atoms with Crippen LogP contribution in [0.5, 0.6) is 0 Å². The Bertz CT molecular complexity index is 409. The molecule has 0 spiro atoms. The first-order valence-corrected chi connectivity index (χ1v) is 5.58. The van der Waals surface area contributed by atoms with E-state index in [1.54, 1.807) is 0 Å². The molecule has 0 aliphatic carbocycles. The second-order valence-corrected chi connectivity index (χ2v) is 3.83. The van der Waals surface area contributed by atoms with Gasteiger partial charge >= 0.3 is 0 Å². The molecule has 0 radical (unpaired) electrons. The van der Waals surface area contributed by atoms with Gasteiger partial charge in [-0.05, 0) is 18.6 Å². The van der Waals surface area contributed by atoms with Crippen LogP contribution in [0.25, 0.3) is 0 Å². The van der Waals surface area contributed by atoms with Crippen LogP contribution >= 0.6 is 0 Å².